The van der Waals surface area contributed by atoms with Crippen LogP contribution in [0.4, 0.5) is 0 Å². The Labute approximate surface area is 64.9 Å². The van der Waals surface area contributed by atoms with Crippen LogP contribution in [-0.4, -0.2) is 9.07 Å². The van der Waals surface area contributed by atoms with E-state index in [4.69, 9.17) is 11.8 Å². The smallest absolute Gasteiger partial charge is 0.126 e. The first-order valence-corrected chi connectivity index (χ1v) is 3.91. The highest BCUT2D eigenvalue weighted by Gasteiger charge is 2.23. The van der Waals surface area contributed by atoms with Gasteiger partial charge in [-0.1, -0.05) is 6.42 Å². The van der Waals surface area contributed by atoms with Crippen molar-refractivity contribution < 1.29 is 0 Å². The number of imidazole rings is 1. The Morgan fingerprint density at radius 3 is 2.80 bits per heavy atom. The molecule has 0 amide bonds. The summed E-state index contributed by atoms with van der Waals surface area (Å²) in [6.45, 7) is 0. The second-order valence-corrected chi connectivity index (χ2v) is 3.09. The Morgan fingerprint density at radius 2 is 2.40 bits per heavy atom. The van der Waals surface area contributed by atoms with Gasteiger partial charge in [-0.25, -0.2) is 9.07 Å². The van der Waals surface area contributed by atoms with Crippen molar-refractivity contribution in [3.05, 3.63) is 18.2 Å². The van der Waals surface area contributed by atoms with E-state index in [0.717, 1.165) is 5.82 Å². The molecule has 2 nitrogen and oxygen atoms in total. The average molecular weight is 157 g/mol. The van der Waals surface area contributed by atoms with Gasteiger partial charge in [0.05, 0.1) is 0 Å². The summed E-state index contributed by atoms with van der Waals surface area (Å²) in [6, 6.07) is 0. The molecule has 1 aliphatic rings. The van der Waals surface area contributed by atoms with Crippen LogP contribution in [0.25, 0.3) is 0 Å². The van der Waals surface area contributed by atoms with E-state index in [1.807, 2.05) is 0 Å². The second-order valence-electron chi connectivity index (χ2n) is 2.72. The maximum absolute atomic E-state index is 5.80. The summed E-state index contributed by atoms with van der Waals surface area (Å²) < 4.78 is 1.60. The number of halogens is 1. The lowest BCUT2D eigenvalue weighted by Gasteiger charge is -2.23. The summed E-state index contributed by atoms with van der Waals surface area (Å²) in [7, 11) is 0. The lowest BCUT2D eigenvalue weighted by atomic mass is 9.85. The lowest BCUT2D eigenvalue weighted by Crippen LogP contribution is -2.11. The van der Waals surface area contributed by atoms with E-state index in [-0.39, 0.29) is 0 Å². The van der Waals surface area contributed by atoms with Crippen molar-refractivity contribution in [3.63, 3.8) is 0 Å². The highest BCUT2D eigenvalue weighted by molar-refractivity contribution is 6.15. The highest BCUT2D eigenvalue weighted by atomic mass is 35.5. The Balaban J connectivity index is 2.23. The number of hydrogen-bond acceptors (Lipinski definition) is 1. The van der Waals surface area contributed by atoms with Crippen LogP contribution >= 0.6 is 11.8 Å². The predicted octanol–water partition coefficient (Wildman–Crippen LogP) is 2.15. The molecule has 54 valence electrons. The van der Waals surface area contributed by atoms with E-state index in [0.29, 0.717) is 5.92 Å². The number of nitrogens with zero attached hydrogens (tertiary/aromatic N) is 2. The minimum absolute atomic E-state index is 0.632. The highest BCUT2D eigenvalue weighted by Crippen LogP contribution is 2.35. The van der Waals surface area contributed by atoms with E-state index in [9.17, 15) is 0 Å². The summed E-state index contributed by atoms with van der Waals surface area (Å²) in [5.41, 5.74) is 0. The first-order chi connectivity index (χ1) is 4.88. The third-order valence-corrected chi connectivity index (χ3v) is 2.38. The second kappa shape index (κ2) is 2.27. The van der Waals surface area contributed by atoms with Gasteiger partial charge in [0, 0.05) is 30.1 Å². The summed E-state index contributed by atoms with van der Waals surface area (Å²) in [6.07, 6.45) is 7.37. The van der Waals surface area contributed by atoms with Gasteiger partial charge in [0.15, 0.2) is 0 Å². The molecule has 1 heterocycles. The molecule has 1 aliphatic carbocycles. The van der Waals surface area contributed by atoms with Gasteiger partial charge in [-0.05, 0) is 12.8 Å². The third kappa shape index (κ3) is 0.833. The van der Waals surface area contributed by atoms with E-state index in [1.54, 1.807) is 16.5 Å². The molecule has 1 aromatic rings. The molecule has 0 spiro atoms. The van der Waals surface area contributed by atoms with Crippen LogP contribution in [0.15, 0.2) is 12.4 Å². The minimum Gasteiger partial charge on any atom is -0.246 e. The van der Waals surface area contributed by atoms with Crippen molar-refractivity contribution in [1.82, 2.24) is 9.07 Å². The monoisotopic (exact) mass is 156 g/mol. The number of rotatable bonds is 1. The first-order valence-electron chi connectivity index (χ1n) is 3.57. The minimum atomic E-state index is 0.632. The van der Waals surface area contributed by atoms with Crippen LogP contribution in [0.2, 0.25) is 0 Å². The van der Waals surface area contributed by atoms with Crippen molar-refractivity contribution in [3.8, 4) is 0 Å². The van der Waals surface area contributed by atoms with Crippen molar-refractivity contribution in [2.24, 2.45) is 0 Å². The summed E-state index contributed by atoms with van der Waals surface area (Å²) >= 11 is 5.80. The molecule has 1 fully saturated rings. The molecule has 2 rings (SSSR count). The quantitative estimate of drug-likeness (QED) is 0.609. The van der Waals surface area contributed by atoms with Crippen LogP contribution in [0, 0.1) is 0 Å². The zero-order valence-electron chi connectivity index (χ0n) is 5.63. The van der Waals surface area contributed by atoms with E-state index in [1.165, 1.54) is 19.3 Å². The van der Waals surface area contributed by atoms with Crippen molar-refractivity contribution in [1.29, 1.82) is 0 Å². The van der Waals surface area contributed by atoms with Gasteiger partial charge in [-0.3, -0.25) is 0 Å². The fourth-order valence-corrected chi connectivity index (χ4v) is 1.48. The van der Waals surface area contributed by atoms with Crippen LogP contribution in [0.1, 0.15) is 31.0 Å². The summed E-state index contributed by atoms with van der Waals surface area (Å²) in [5, 5.41) is 0. The third-order valence-electron chi connectivity index (χ3n) is 2.09. The normalized spacial score (nSPS) is 18.9. The maximum atomic E-state index is 5.80. The molecule has 1 aromatic heterocycles. The van der Waals surface area contributed by atoms with Gasteiger partial charge in [0.2, 0.25) is 0 Å². The maximum Gasteiger partial charge on any atom is 0.126 e. The van der Waals surface area contributed by atoms with Crippen LogP contribution in [0.5, 0.6) is 0 Å². The Hall–Kier alpha value is -0.500. The van der Waals surface area contributed by atoms with Crippen molar-refractivity contribution in [2.75, 3.05) is 0 Å². The van der Waals surface area contributed by atoms with Crippen LogP contribution < -0.4 is 0 Å². The molecule has 1 saturated carbocycles. The van der Waals surface area contributed by atoms with Gasteiger partial charge in [-0.15, -0.1) is 0 Å². The SMILES string of the molecule is Cln1ccnc1C1CCC1. The van der Waals surface area contributed by atoms with Crippen LogP contribution in [0.3, 0.4) is 0 Å². The van der Waals surface area contributed by atoms with Crippen molar-refractivity contribution in [2.45, 2.75) is 25.2 Å². The van der Waals surface area contributed by atoms with Gasteiger partial charge in [0.1, 0.15) is 5.82 Å². The first kappa shape index (κ1) is 6.23. The molecule has 0 aliphatic heterocycles. The molecule has 0 radical (unpaired) electrons. The van der Waals surface area contributed by atoms with Crippen LogP contribution in [-0.2, 0) is 0 Å². The summed E-state index contributed by atoms with van der Waals surface area (Å²) in [4.78, 5) is 4.17. The number of hydrogen-bond donors (Lipinski definition) is 0. The fraction of sp³-hybridized carbons (Fsp3) is 0.571. The summed E-state index contributed by atoms with van der Waals surface area (Å²) in [5.74, 6) is 1.67. The molecule has 3 heteroatoms. The standard InChI is InChI=1S/C7H9ClN2/c8-10-5-4-9-7(10)6-2-1-3-6/h4-6H,1-3H2. The molecule has 0 aromatic carbocycles. The average Bonchev–Trinajstić information content (AvgIpc) is 2.12. The van der Waals surface area contributed by atoms with E-state index < -0.39 is 0 Å². The van der Waals surface area contributed by atoms with Gasteiger partial charge in [-0.2, -0.15) is 0 Å². The van der Waals surface area contributed by atoms with Gasteiger partial charge >= 0.3 is 0 Å². The zero-order valence-corrected chi connectivity index (χ0v) is 6.38. The Morgan fingerprint density at radius 1 is 1.60 bits per heavy atom. The number of aromatic nitrogens is 2. The molecular weight excluding hydrogens is 148 g/mol. The molecule has 0 N–H and O–H groups in total. The van der Waals surface area contributed by atoms with E-state index >= 15 is 0 Å². The fourth-order valence-electron chi connectivity index (χ4n) is 1.25. The molecular formula is C7H9ClN2. The Kier molecular flexibility index (Phi) is 1.42. The van der Waals surface area contributed by atoms with Gasteiger partial charge in [0.25, 0.3) is 0 Å². The zero-order chi connectivity index (χ0) is 6.97. The molecule has 0 saturated heterocycles. The molecule has 0 unspecified atom stereocenters. The molecule has 0 bridgehead atoms. The van der Waals surface area contributed by atoms with Crippen molar-refractivity contribution >= 4 is 11.8 Å². The largest absolute Gasteiger partial charge is 0.246 e. The molecule has 10 heavy (non-hydrogen) atoms. The predicted molar refractivity (Wildman–Crippen MR) is 40.1 cm³/mol. The van der Waals surface area contributed by atoms with E-state index in [2.05, 4.69) is 4.98 Å². The lowest BCUT2D eigenvalue weighted by molar-refractivity contribution is 0.401. The topological polar surface area (TPSA) is 17.8 Å². The van der Waals surface area contributed by atoms with Gasteiger partial charge < -0.3 is 0 Å². The molecule has 0 atom stereocenters. The Bertz CT molecular complexity index is 227.